The van der Waals surface area contributed by atoms with Crippen LogP contribution in [0, 0.1) is 0 Å². The standard InChI is InChI=1S/C13H18N6O/c1-2-11-15-12(18-17-11)13(20)19-7-3-4-9(8-19)10-5-6-14-16-10/h5-6,9H,2-4,7-8H2,1H3,(H,14,16)(H,15,17,18). The summed E-state index contributed by atoms with van der Waals surface area (Å²) in [4.78, 5) is 18.4. The highest BCUT2D eigenvalue weighted by atomic mass is 16.2. The number of aromatic nitrogens is 5. The summed E-state index contributed by atoms with van der Waals surface area (Å²) in [6.45, 7) is 3.43. The molecule has 7 nitrogen and oxygen atoms in total. The number of hydrogen-bond acceptors (Lipinski definition) is 4. The minimum Gasteiger partial charge on any atom is -0.335 e. The molecule has 1 unspecified atom stereocenters. The topological polar surface area (TPSA) is 90.6 Å². The van der Waals surface area contributed by atoms with Gasteiger partial charge in [-0.05, 0) is 18.9 Å². The first-order valence-electron chi connectivity index (χ1n) is 6.97. The Bertz CT molecular complexity index is 575. The molecular weight excluding hydrogens is 256 g/mol. The summed E-state index contributed by atoms with van der Waals surface area (Å²) in [6.07, 6.45) is 4.55. The predicted octanol–water partition coefficient (Wildman–Crippen LogP) is 1.11. The molecule has 1 saturated heterocycles. The number of nitrogens with zero attached hydrogens (tertiary/aromatic N) is 4. The third kappa shape index (κ3) is 2.43. The van der Waals surface area contributed by atoms with Crippen molar-refractivity contribution in [3.63, 3.8) is 0 Å². The molecule has 106 valence electrons. The Kier molecular flexibility index (Phi) is 3.49. The van der Waals surface area contributed by atoms with Gasteiger partial charge in [-0.1, -0.05) is 6.92 Å². The van der Waals surface area contributed by atoms with Gasteiger partial charge in [-0.25, -0.2) is 4.98 Å². The highest BCUT2D eigenvalue weighted by Crippen LogP contribution is 2.25. The molecule has 2 aromatic heterocycles. The van der Waals surface area contributed by atoms with E-state index in [4.69, 9.17) is 0 Å². The van der Waals surface area contributed by atoms with Gasteiger partial charge in [0.15, 0.2) is 0 Å². The fourth-order valence-corrected chi connectivity index (χ4v) is 2.60. The molecule has 7 heteroatoms. The zero-order valence-electron chi connectivity index (χ0n) is 11.5. The van der Waals surface area contributed by atoms with Crippen LogP contribution in [0.25, 0.3) is 0 Å². The van der Waals surface area contributed by atoms with Gasteiger partial charge in [-0.15, -0.1) is 5.10 Å². The molecule has 0 aromatic carbocycles. The smallest absolute Gasteiger partial charge is 0.293 e. The van der Waals surface area contributed by atoms with Crippen molar-refractivity contribution in [2.24, 2.45) is 0 Å². The molecule has 20 heavy (non-hydrogen) atoms. The van der Waals surface area contributed by atoms with Crippen molar-refractivity contribution in [2.45, 2.75) is 32.1 Å². The molecule has 2 N–H and O–H groups in total. The molecule has 3 heterocycles. The number of H-pyrrole nitrogens is 2. The van der Waals surface area contributed by atoms with Gasteiger partial charge in [0.25, 0.3) is 5.91 Å². The van der Waals surface area contributed by atoms with Gasteiger partial charge in [0, 0.05) is 37.3 Å². The Labute approximate surface area is 116 Å². The summed E-state index contributed by atoms with van der Waals surface area (Å²) >= 11 is 0. The SMILES string of the molecule is CCc1nc(C(=O)N2CCCC(c3ccn[nH]3)C2)n[nH]1. The fraction of sp³-hybridized carbons (Fsp3) is 0.538. The molecule has 0 saturated carbocycles. The van der Waals surface area contributed by atoms with Crippen molar-refractivity contribution in [3.05, 3.63) is 29.6 Å². The number of aryl methyl sites for hydroxylation is 1. The lowest BCUT2D eigenvalue weighted by atomic mass is 9.95. The summed E-state index contributed by atoms with van der Waals surface area (Å²) in [5.74, 6) is 1.24. The number of piperidine rings is 1. The van der Waals surface area contributed by atoms with Gasteiger partial charge in [0.2, 0.25) is 5.82 Å². The van der Waals surface area contributed by atoms with Gasteiger partial charge in [-0.3, -0.25) is 15.0 Å². The van der Waals surface area contributed by atoms with Gasteiger partial charge in [0.1, 0.15) is 5.82 Å². The lowest BCUT2D eigenvalue weighted by Gasteiger charge is -2.31. The molecule has 2 aromatic rings. The van der Waals surface area contributed by atoms with E-state index in [1.165, 1.54) is 0 Å². The highest BCUT2D eigenvalue weighted by Gasteiger charge is 2.28. The Morgan fingerprint density at radius 1 is 1.50 bits per heavy atom. The summed E-state index contributed by atoms with van der Waals surface area (Å²) in [5, 5.41) is 13.8. The summed E-state index contributed by atoms with van der Waals surface area (Å²) in [7, 11) is 0. The zero-order valence-corrected chi connectivity index (χ0v) is 11.5. The molecular formula is C13H18N6O. The van der Waals surface area contributed by atoms with E-state index in [1.807, 2.05) is 17.9 Å². The number of amides is 1. The minimum absolute atomic E-state index is 0.0924. The van der Waals surface area contributed by atoms with Crippen LogP contribution in [0.5, 0.6) is 0 Å². The van der Waals surface area contributed by atoms with Gasteiger partial charge in [-0.2, -0.15) is 5.10 Å². The Hall–Kier alpha value is -2.18. The number of rotatable bonds is 3. The van der Waals surface area contributed by atoms with Gasteiger partial charge < -0.3 is 4.90 Å². The van der Waals surface area contributed by atoms with Crippen LogP contribution >= 0.6 is 0 Å². The van der Waals surface area contributed by atoms with E-state index >= 15 is 0 Å². The van der Waals surface area contributed by atoms with E-state index in [0.29, 0.717) is 12.5 Å². The highest BCUT2D eigenvalue weighted by molar-refractivity contribution is 5.90. The van der Waals surface area contributed by atoms with Crippen molar-refractivity contribution in [3.8, 4) is 0 Å². The lowest BCUT2D eigenvalue weighted by Crippen LogP contribution is -2.39. The maximum absolute atomic E-state index is 12.4. The third-order valence-electron chi connectivity index (χ3n) is 3.73. The first-order chi connectivity index (χ1) is 9.78. The minimum atomic E-state index is -0.0924. The average molecular weight is 274 g/mol. The number of hydrogen-bond donors (Lipinski definition) is 2. The molecule has 3 rings (SSSR count). The maximum Gasteiger partial charge on any atom is 0.293 e. The van der Waals surface area contributed by atoms with E-state index in [-0.39, 0.29) is 11.7 Å². The summed E-state index contributed by atoms with van der Waals surface area (Å²) < 4.78 is 0. The number of carbonyl (C=O) groups excluding carboxylic acids is 1. The molecule has 0 radical (unpaired) electrons. The van der Waals surface area contributed by atoms with Crippen LogP contribution in [0.2, 0.25) is 0 Å². The molecule has 0 aliphatic carbocycles. The van der Waals surface area contributed by atoms with Crippen LogP contribution in [-0.2, 0) is 6.42 Å². The Morgan fingerprint density at radius 3 is 3.10 bits per heavy atom. The Balaban J connectivity index is 1.71. The molecule has 1 amide bonds. The van der Waals surface area contributed by atoms with Crippen LogP contribution in [0.3, 0.4) is 0 Å². The van der Waals surface area contributed by atoms with Crippen molar-refractivity contribution < 1.29 is 4.79 Å². The van der Waals surface area contributed by atoms with E-state index in [2.05, 4.69) is 25.4 Å². The van der Waals surface area contributed by atoms with Crippen LogP contribution < -0.4 is 0 Å². The van der Waals surface area contributed by atoms with Crippen LogP contribution in [0.1, 0.15) is 47.8 Å². The summed E-state index contributed by atoms with van der Waals surface area (Å²) in [5.41, 5.74) is 1.09. The van der Waals surface area contributed by atoms with Crippen molar-refractivity contribution in [1.29, 1.82) is 0 Å². The van der Waals surface area contributed by atoms with E-state index in [9.17, 15) is 4.79 Å². The summed E-state index contributed by atoms with van der Waals surface area (Å²) in [6, 6.07) is 1.97. The molecule has 0 bridgehead atoms. The van der Waals surface area contributed by atoms with Gasteiger partial charge >= 0.3 is 0 Å². The Morgan fingerprint density at radius 2 is 2.40 bits per heavy atom. The predicted molar refractivity (Wildman–Crippen MR) is 72.2 cm³/mol. The maximum atomic E-state index is 12.4. The molecule has 1 aliphatic heterocycles. The number of aromatic amines is 2. The van der Waals surface area contributed by atoms with E-state index in [0.717, 1.165) is 37.3 Å². The lowest BCUT2D eigenvalue weighted by molar-refractivity contribution is 0.0694. The second kappa shape index (κ2) is 5.44. The first kappa shape index (κ1) is 12.8. The van der Waals surface area contributed by atoms with Crippen LogP contribution in [0.4, 0.5) is 0 Å². The van der Waals surface area contributed by atoms with Crippen LogP contribution in [-0.4, -0.2) is 49.3 Å². The number of carbonyl (C=O) groups is 1. The van der Waals surface area contributed by atoms with Crippen LogP contribution in [0.15, 0.2) is 12.3 Å². The zero-order chi connectivity index (χ0) is 13.9. The number of likely N-dealkylation sites (tertiary alicyclic amines) is 1. The second-order valence-electron chi connectivity index (χ2n) is 5.06. The first-order valence-corrected chi connectivity index (χ1v) is 6.97. The van der Waals surface area contributed by atoms with E-state index < -0.39 is 0 Å². The molecule has 1 fully saturated rings. The second-order valence-corrected chi connectivity index (χ2v) is 5.06. The monoisotopic (exact) mass is 274 g/mol. The van der Waals surface area contributed by atoms with Crippen molar-refractivity contribution in [1.82, 2.24) is 30.3 Å². The van der Waals surface area contributed by atoms with E-state index in [1.54, 1.807) is 6.20 Å². The third-order valence-corrected chi connectivity index (χ3v) is 3.73. The quantitative estimate of drug-likeness (QED) is 0.877. The molecule has 1 aliphatic rings. The van der Waals surface area contributed by atoms with Crippen molar-refractivity contribution >= 4 is 5.91 Å². The largest absolute Gasteiger partial charge is 0.335 e. The molecule has 1 atom stereocenters. The normalized spacial score (nSPS) is 19.2. The van der Waals surface area contributed by atoms with Crippen molar-refractivity contribution in [2.75, 3.05) is 13.1 Å². The average Bonchev–Trinajstić information content (AvgIpc) is 3.17. The fourth-order valence-electron chi connectivity index (χ4n) is 2.60. The van der Waals surface area contributed by atoms with Gasteiger partial charge in [0.05, 0.1) is 0 Å². The molecule has 0 spiro atoms. The number of nitrogens with one attached hydrogen (secondary N) is 2.